The quantitative estimate of drug-likeness (QED) is 0.760. The van der Waals surface area contributed by atoms with Crippen molar-refractivity contribution in [3.63, 3.8) is 0 Å². The van der Waals surface area contributed by atoms with Gasteiger partial charge in [0, 0.05) is 17.8 Å². The lowest BCUT2D eigenvalue weighted by molar-refractivity contribution is 0.638. The first-order valence-electron chi connectivity index (χ1n) is 6.91. The van der Waals surface area contributed by atoms with Crippen molar-refractivity contribution in [1.29, 1.82) is 0 Å². The molecule has 96 valence electrons. The molecule has 0 radical (unpaired) electrons. The van der Waals surface area contributed by atoms with Crippen LogP contribution in [0.5, 0.6) is 0 Å². The molecule has 0 saturated heterocycles. The summed E-state index contributed by atoms with van der Waals surface area (Å²) < 4.78 is 0. The summed E-state index contributed by atoms with van der Waals surface area (Å²) in [5.41, 5.74) is 2.92. The Morgan fingerprint density at radius 3 is 2.39 bits per heavy atom. The van der Waals surface area contributed by atoms with E-state index in [-0.39, 0.29) is 0 Å². The molecular weight excluding hydrogens is 218 g/mol. The normalized spacial score (nSPS) is 11.7. The molecule has 18 heavy (non-hydrogen) atoms. The minimum Gasteiger partial charge on any atom is -0.264 e. The summed E-state index contributed by atoms with van der Waals surface area (Å²) in [5.74, 6) is 1.39. The number of fused-ring (bicyclic) bond motifs is 1. The highest BCUT2D eigenvalue weighted by atomic mass is 14.6. The van der Waals surface area contributed by atoms with Crippen LogP contribution in [0.25, 0.3) is 10.8 Å². The van der Waals surface area contributed by atoms with Gasteiger partial charge in [-0.1, -0.05) is 33.8 Å². The van der Waals surface area contributed by atoms with Gasteiger partial charge in [0.1, 0.15) is 0 Å². The van der Waals surface area contributed by atoms with E-state index in [0.717, 1.165) is 12.8 Å². The maximum absolute atomic E-state index is 4.25. The van der Waals surface area contributed by atoms with E-state index in [4.69, 9.17) is 0 Å². The zero-order valence-electron chi connectivity index (χ0n) is 11.9. The molecule has 0 aliphatic rings. The number of pyridine rings is 1. The highest BCUT2D eigenvalue weighted by molar-refractivity contribution is 5.85. The van der Waals surface area contributed by atoms with E-state index < -0.39 is 0 Å². The standard InChI is InChI=1S/C17H23N/c1-12(2)7-14-9-15(8-13(3)4)17-5-6-18-11-16(17)10-14/h5-6,9-13H,7-8H2,1-4H3. The SMILES string of the molecule is CC(C)Cc1cc(CC(C)C)c2ccncc2c1. The fourth-order valence-electron chi connectivity index (χ4n) is 2.56. The minimum absolute atomic E-state index is 0.690. The molecule has 0 unspecified atom stereocenters. The lowest BCUT2D eigenvalue weighted by Gasteiger charge is -2.13. The second-order valence-corrected chi connectivity index (χ2v) is 6.05. The third kappa shape index (κ3) is 3.10. The fourth-order valence-corrected chi connectivity index (χ4v) is 2.56. The number of benzene rings is 1. The molecule has 1 heteroatoms. The van der Waals surface area contributed by atoms with Crippen molar-refractivity contribution in [2.45, 2.75) is 40.5 Å². The summed E-state index contributed by atoms with van der Waals surface area (Å²) in [7, 11) is 0. The minimum atomic E-state index is 0.690. The Morgan fingerprint density at radius 2 is 1.72 bits per heavy atom. The number of nitrogens with zero attached hydrogens (tertiary/aromatic N) is 1. The largest absolute Gasteiger partial charge is 0.264 e. The molecule has 0 fully saturated rings. The lowest BCUT2D eigenvalue weighted by atomic mass is 9.93. The summed E-state index contributed by atoms with van der Waals surface area (Å²) in [5, 5.41) is 2.65. The maximum atomic E-state index is 4.25. The van der Waals surface area contributed by atoms with Crippen molar-refractivity contribution >= 4 is 10.8 Å². The number of aromatic nitrogens is 1. The zero-order valence-corrected chi connectivity index (χ0v) is 11.9. The summed E-state index contributed by atoms with van der Waals surface area (Å²) >= 11 is 0. The second kappa shape index (κ2) is 5.51. The van der Waals surface area contributed by atoms with Crippen LogP contribution in [0.1, 0.15) is 38.8 Å². The molecule has 0 amide bonds. The van der Waals surface area contributed by atoms with Crippen LogP contribution in [0.2, 0.25) is 0 Å². The summed E-state index contributed by atoms with van der Waals surface area (Å²) in [4.78, 5) is 4.25. The van der Waals surface area contributed by atoms with Crippen molar-refractivity contribution in [3.05, 3.63) is 41.7 Å². The Morgan fingerprint density at radius 1 is 1.00 bits per heavy atom. The van der Waals surface area contributed by atoms with Crippen molar-refractivity contribution < 1.29 is 0 Å². The molecule has 0 atom stereocenters. The lowest BCUT2D eigenvalue weighted by Crippen LogP contribution is -2.00. The van der Waals surface area contributed by atoms with Gasteiger partial charge in [-0.2, -0.15) is 0 Å². The van der Waals surface area contributed by atoms with Gasteiger partial charge in [-0.05, 0) is 53.3 Å². The fraction of sp³-hybridized carbons (Fsp3) is 0.471. The summed E-state index contributed by atoms with van der Waals surface area (Å²) in [6, 6.07) is 6.83. The molecule has 0 N–H and O–H groups in total. The van der Waals surface area contributed by atoms with E-state index >= 15 is 0 Å². The zero-order chi connectivity index (χ0) is 13.1. The van der Waals surface area contributed by atoms with E-state index in [1.807, 2.05) is 12.4 Å². The van der Waals surface area contributed by atoms with Gasteiger partial charge in [0.2, 0.25) is 0 Å². The van der Waals surface area contributed by atoms with Crippen molar-refractivity contribution in [2.24, 2.45) is 11.8 Å². The van der Waals surface area contributed by atoms with Crippen molar-refractivity contribution in [1.82, 2.24) is 4.98 Å². The van der Waals surface area contributed by atoms with E-state index in [9.17, 15) is 0 Å². The Hall–Kier alpha value is -1.37. The molecule has 2 rings (SSSR count). The van der Waals surface area contributed by atoms with Crippen LogP contribution >= 0.6 is 0 Å². The Labute approximate surface area is 110 Å². The highest BCUT2D eigenvalue weighted by Gasteiger charge is 2.07. The second-order valence-electron chi connectivity index (χ2n) is 6.05. The van der Waals surface area contributed by atoms with E-state index in [1.54, 1.807) is 0 Å². The third-order valence-electron chi connectivity index (χ3n) is 3.17. The molecule has 0 aliphatic carbocycles. The van der Waals surface area contributed by atoms with Gasteiger partial charge in [0.25, 0.3) is 0 Å². The van der Waals surface area contributed by atoms with Crippen molar-refractivity contribution in [2.75, 3.05) is 0 Å². The number of hydrogen-bond donors (Lipinski definition) is 0. The number of hydrogen-bond acceptors (Lipinski definition) is 1. The molecule has 1 aromatic carbocycles. The Kier molecular flexibility index (Phi) is 4.00. The van der Waals surface area contributed by atoms with Crippen LogP contribution in [0, 0.1) is 11.8 Å². The van der Waals surface area contributed by atoms with E-state index in [2.05, 4.69) is 50.9 Å². The molecule has 0 spiro atoms. The Bertz CT molecular complexity index is 526. The molecule has 0 saturated carbocycles. The molecule has 1 aromatic heterocycles. The van der Waals surface area contributed by atoms with E-state index in [0.29, 0.717) is 11.8 Å². The van der Waals surface area contributed by atoms with Gasteiger partial charge in [-0.15, -0.1) is 0 Å². The van der Waals surface area contributed by atoms with Crippen LogP contribution in [0.4, 0.5) is 0 Å². The molecule has 2 aromatic rings. The highest BCUT2D eigenvalue weighted by Crippen LogP contribution is 2.24. The first-order valence-corrected chi connectivity index (χ1v) is 6.91. The van der Waals surface area contributed by atoms with Crippen LogP contribution in [0.3, 0.4) is 0 Å². The Balaban J connectivity index is 2.49. The van der Waals surface area contributed by atoms with Crippen LogP contribution in [-0.4, -0.2) is 4.98 Å². The molecule has 1 nitrogen and oxygen atoms in total. The van der Waals surface area contributed by atoms with Gasteiger partial charge < -0.3 is 0 Å². The monoisotopic (exact) mass is 241 g/mol. The van der Waals surface area contributed by atoms with Gasteiger partial charge in [-0.25, -0.2) is 0 Å². The average Bonchev–Trinajstić information content (AvgIpc) is 2.27. The van der Waals surface area contributed by atoms with Gasteiger partial charge >= 0.3 is 0 Å². The predicted molar refractivity (Wildman–Crippen MR) is 78.8 cm³/mol. The first-order chi connectivity index (χ1) is 8.56. The van der Waals surface area contributed by atoms with Gasteiger partial charge in [-0.3, -0.25) is 4.98 Å². The molecule has 0 bridgehead atoms. The molecule has 0 aliphatic heterocycles. The molecular formula is C17H23N. The van der Waals surface area contributed by atoms with Gasteiger partial charge in [0.05, 0.1) is 0 Å². The van der Waals surface area contributed by atoms with E-state index in [1.165, 1.54) is 21.9 Å². The van der Waals surface area contributed by atoms with Crippen LogP contribution < -0.4 is 0 Å². The van der Waals surface area contributed by atoms with Crippen LogP contribution in [-0.2, 0) is 12.8 Å². The third-order valence-corrected chi connectivity index (χ3v) is 3.17. The average molecular weight is 241 g/mol. The van der Waals surface area contributed by atoms with Crippen molar-refractivity contribution in [3.8, 4) is 0 Å². The molecule has 1 heterocycles. The summed E-state index contributed by atoms with van der Waals surface area (Å²) in [6.45, 7) is 9.11. The topological polar surface area (TPSA) is 12.9 Å². The summed E-state index contributed by atoms with van der Waals surface area (Å²) in [6.07, 6.45) is 6.18. The smallest absolute Gasteiger partial charge is 0.0346 e. The first kappa shape index (κ1) is 13.1. The number of rotatable bonds is 4. The predicted octanol–water partition coefficient (Wildman–Crippen LogP) is 4.63. The maximum Gasteiger partial charge on any atom is 0.0346 e. The van der Waals surface area contributed by atoms with Gasteiger partial charge in [0.15, 0.2) is 0 Å². The van der Waals surface area contributed by atoms with Crippen LogP contribution in [0.15, 0.2) is 30.6 Å².